The molecule has 0 radical (unpaired) electrons. The molecule has 1 aliphatic rings. The fraction of sp³-hybridized carbons (Fsp3) is 0.400. The first-order valence-electron chi connectivity index (χ1n) is 11.2. The van der Waals surface area contributed by atoms with Crippen molar-refractivity contribution in [3.05, 3.63) is 48.5 Å². The van der Waals surface area contributed by atoms with Crippen LogP contribution in [0.15, 0.2) is 48.5 Å². The molecule has 1 fully saturated rings. The van der Waals surface area contributed by atoms with Gasteiger partial charge in [-0.05, 0) is 45.0 Å². The Bertz CT molecular complexity index is 1160. The fourth-order valence-electron chi connectivity index (χ4n) is 4.03. The fourth-order valence-corrected chi connectivity index (χ4v) is 4.03. The largest absolute Gasteiger partial charge is 0.444 e. The molecule has 1 aliphatic heterocycles. The van der Waals surface area contributed by atoms with Gasteiger partial charge in [-0.2, -0.15) is 0 Å². The first-order valence-corrected chi connectivity index (χ1v) is 11.2. The minimum Gasteiger partial charge on any atom is -0.444 e. The maximum Gasteiger partial charge on any atom is 0.408 e. The van der Waals surface area contributed by atoms with E-state index in [9.17, 15) is 9.59 Å². The minimum absolute atomic E-state index is 0.0584. The molecule has 4 rings (SSSR count). The number of rotatable bonds is 4. The van der Waals surface area contributed by atoms with Crippen LogP contribution >= 0.6 is 0 Å². The molecule has 0 spiro atoms. The van der Waals surface area contributed by atoms with E-state index in [1.54, 1.807) is 25.7 Å². The van der Waals surface area contributed by atoms with Crippen LogP contribution in [0.2, 0.25) is 0 Å². The molecular formula is C25H31N5O3. The molecule has 3 aromatic rings. The lowest BCUT2D eigenvalue weighted by Gasteiger charge is -2.36. The van der Waals surface area contributed by atoms with Crippen molar-refractivity contribution < 1.29 is 14.3 Å². The van der Waals surface area contributed by atoms with Gasteiger partial charge in [0.1, 0.15) is 18.0 Å². The molecule has 0 atom stereocenters. The highest BCUT2D eigenvalue weighted by Gasteiger charge is 2.23. The molecule has 2 heterocycles. The molecule has 1 saturated heterocycles. The molecule has 174 valence electrons. The lowest BCUT2D eigenvalue weighted by atomic mass is 10.1. The standard InChI is InChI=1S/C25H31N5O3/c1-25(2,3)33-24(32)26-17-22(31)30-14-12-29(13-15-30)19-9-7-8-18(16-19)23-27-20-10-5-6-11-21(20)28(23)4/h5-11,16H,12-15,17H2,1-4H3,(H,26,32). The van der Waals surface area contributed by atoms with E-state index < -0.39 is 11.7 Å². The summed E-state index contributed by atoms with van der Waals surface area (Å²) in [4.78, 5) is 33.2. The smallest absolute Gasteiger partial charge is 0.408 e. The Kier molecular flexibility index (Phi) is 6.26. The summed E-state index contributed by atoms with van der Waals surface area (Å²) >= 11 is 0. The number of anilines is 1. The summed E-state index contributed by atoms with van der Waals surface area (Å²) in [5, 5.41) is 2.55. The quantitative estimate of drug-likeness (QED) is 0.660. The van der Waals surface area contributed by atoms with Gasteiger partial charge < -0.3 is 24.4 Å². The third-order valence-corrected chi connectivity index (χ3v) is 5.67. The van der Waals surface area contributed by atoms with Gasteiger partial charge in [-0.3, -0.25) is 4.79 Å². The Morgan fingerprint density at radius 3 is 2.45 bits per heavy atom. The van der Waals surface area contributed by atoms with Crippen molar-refractivity contribution in [2.24, 2.45) is 7.05 Å². The Hall–Kier alpha value is -3.55. The van der Waals surface area contributed by atoms with Crippen molar-refractivity contribution in [1.29, 1.82) is 0 Å². The van der Waals surface area contributed by atoms with Crippen LogP contribution in [0.4, 0.5) is 10.5 Å². The van der Waals surface area contributed by atoms with E-state index in [4.69, 9.17) is 9.72 Å². The Morgan fingerprint density at radius 2 is 1.76 bits per heavy atom. The number of carbonyl (C=O) groups is 2. The van der Waals surface area contributed by atoms with Crippen molar-refractivity contribution in [1.82, 2.24) is 19.8 Å². The number of hydrogen-bond acceptors (Lipinski definition) is 5. The third-order valence-electron chi connectivity index (χ3n) is 5.67. The van der Waals surface area contributed by atoms with E-state index in [0.29, 0.717) is 13.1 Å². The number of imidazole rings is 1. The summed E-state index contributed by atoms with van der Waals surface area (Å²) in [7, 11) is 2.03. The van der Waals surface area contributed by atoms with Gasteiger partial charge in [-0.15, -0.1) is 0 Å². The average Bonchev–Trinajstić information content (AvgIpc) is 3.13. The summed E-state index contributed by atoms with van der Waals surface area (Å²) in [5.41, 5.74) is 3.66. The molecule has 1 aromatic heterocycles. The van der Waals surface area contributed by atoms with Gasteiger partial charge in [0, 0.05) is 44.5 Å². The molecule has 0 bridgehead atoms. The van der Waals surface area contributed by atoms with E-state index >= 15 is 0 Å². The minimum atomic E-state index is -0.588. The van der Waals surface area contributed by atoms with Crippen LogP contribution < -0.4 is 10.2 Å². The van der Waals surface area contributed by atoms with Crippen molar-refractivity contribution in [2.45, 2.75) is 26.4 Å². The molecule has 33 heavy (non-hydrogen) atoms. The zero-order valence-electron chi connectivity index (χ0n) is 19.7. The van der Waals surface area contributed by atoms with Crippen LogP contribution in [0.1, 0.15) is 20.8 Å². The lowest BCUT2D eigenvalue weighted by Crippen LogP contribution is -2.51. The number of amides is 2. The maximum atomic E-state index is 12.5. The summed E-state index contributed by atoms with van der Waals surface area (Å²) in [5.74, 6) is 0.828. The molecular weight excluding hydrogens is 418 g/mol. The van der Waals surface area contributed by atoms with Crippen LogP contribution in [0.5, 0.6) is 0 Å². The van der Waals surface area contributed by atoms with E-state index in [2.05, 4.69) is 39.0 Å². The number of fused-ring (bicyclic) bond motifs is 1. The van der Waals surface area contributed by atoms with Crippen LogP contribution in [0.25, 0.3) is 22.4 Å². The molecule has 2 amide bonds. The predicted molar refractivity (Wildman–Crippen MR) is 129 cm³/mol. The van der Waals surface area contributed by atoms with Crippen molar-refractivity contribution in [2.75, 3.05) is 37.6 Å². The summed E-state index contributed by atoms with van der Waals surface area (Å²) in [6, 6.07) is 16.5. The molecule has 2 aromatic carbocycles. The Balaban J connectivity index is 1.37. The van der Waals surface area contributed by atoms with Gasteiger partial charge in [-0.1, -0.05) is 24.3 Å². The number of piperazine rings is 1. The summed E-state index contributed by atoms with van der Waals surface area (Å²) in [6.07, 6.45) is -0.576. The number of nitrogens with zero attached hydrogens (tertiary/aromatic N) is 4. The zero-order valence-corrected chi connectivity index (χ0v) is 19.7. The number of benzene rings is 2. The summed E-state index contributed by atoms with van der Waals surface area (Å²) in [6.45, 7) is 7.97. The van der Waals surface area contributed by atoms with Crippen molar-refractivity contribution in [3.8, 4) is 11.4 Å². The second-order valence-corrected chi connectivity index (χ2v) is 9.26. The Morgan fingerprint density at radius 1 is 1.03 bits per heavy atom. The third kappa shape index (κ3) is 5.27. The van der Waals surface area contributed by atoms with E-state index in [0.717, 1.165) is 41.2 Å². The first kappa shape index (κ1) is 22.6. The number of nitrogens with one attached hydrogen (secondary N) is 1. The lowest BCUT2D eigenvalue weighted by molar-refractivity contribution is -0.130. The average molecular weight is 450 g/mol. The van der Waals surface area contributed by atoms with Gasteiger partial charge in [0.05, 0.1) is 11.0 Å². The molecule has 0 aliphatic carbocycles. The normalized spacial score (nSPS) is 14.4. The molecule has 0 saturated carbocycles. The van der Waals surface area contributed by atoms with Gasteiger partial charge in [0.25, 0.3) is 0 Å². The monoisotopic (exact) mass is 449 g/mol. The van der Waals surface area contributed by atoms with Crippen LogP contribution in [0, 0.1) is 0 Å². The predicted octanol–water partition coefficient (Wildman–Crippen LogP) is 3.41. The molecule has 1 N–H and O–H groups in total. The number of aryl methyl sites for hydroxylation is 1. The van der Waals surface area contributed by atoms with Crippen molar-refractivity contribution >= 4 is 28.7 Å². The van der Waals surface area contributed by atoms with Gasteiger partial charge in [-0.25, -0.2) is 9.78 Å². The highest BCUT2D eigenvalue weighted by Crippen LogP contribution is 2.27. The maximum absolute atomic E-state index is 12.5. The van der Waals surface area contributed by atoms with Gasteiger partial charge in [0.2, 0.25) is 5.91 Å². The molecule has 8 nitrogen and oxygen atoms in total. The first-order chi connectivity index (χ1) is 15.7. The van der Waals surface area contributed by atoms with E-state index in [1.807, 2.05) is 31.3 Å². The number of alkyl carbamates (subject to hydrolysis) is 1. The highest BCUT2D eigenvalue weighted by atomic mass is 16.6. The number of ether oxygens (including phenoxy) is 1. The second-order valence-electron chi connectivity index (χ2n) is 9.26. The number of carbonyl (C=O) groups excluding carboxylic acids is 2. The molecule has 0 unspecified atom stereocenters. The van der Waals surface area contributed by atoms with E-state index in [1.165, 1.54) is 0 Å². The highest BCUT2D eigenvalue weighted by molar-refractivity contribution is 5.83. The van der Waals surface area contributed by atoms with Gasteiger partial charge in [0.15, 0.2) is 0 Å². The van der Waals surface area contributed by atoms with E-state index in [-0.39, 0.29) is 12.5 Å². The topological polar surface area (TPSA) is 79.7 Å². The zero-order chi connectivity index (χ0) is 23.6. The Labute approximate surface area is 194 Å². The van der Waals surface area contributed by atoms with Crippen molar-refractivity contribution in [3.63, 3.8) is 0 Å². The van der Waals surface area contributed by atoms with Crippen LogP contribution in [-0.4, -0.2) is 64.8 Å². The number of hydrogen-bond donors (Lipinski definition) is 1. The second kappa shape index (κ2) is 9.13. The SMILES string of the molecule is Cn1c(-c2cccc(N3CCN(C(=O)CNC(=O)OC(C)(C)C)CC3)c2)nc2ccccc21. The number of aromatic nitrogens is 2. The van der Waals surface area contributed by atoms with Crippen LogP contribution in [0.3, 0.4) is 0 Å². The summed E-state index contributed by atoms with van der Waals surface area (Å²) < 4.78 is 7.30. The van der Waals surface area contributed by atoms with Crippen LogP contribution in [-0.2, 0) is 16.6 Å². The van der Waals surface area contributed by atoms with Gasteiger partial charge >= 0.3 is 6.09 Å². The molecule has 8 heteroatoms. The number of para-hydroxylation sites is 2.